The monoisotopic (exact) mass is 159 g/mol. The van der Waals surface area contributed by atoms with Gasteiger partial charge in [-0.25, -0.2) is 0 Å². The zero-order valence-electron chi connectivity index (χ0n) is 6.54. The largest absolute Gasteiger partial charge is 0.469 e. The molecule has 0 bridgehead atoms. The molecular weight excluding hydrogens is 146 g/mol. The van der Waals surface area contributed by atoms with Gasteiger partial charge in [0.1, 0.15) is 0 Å². The Hall–Kier alpha value is -0.610. The van der Waals surface area contributed by atoms with Gasteiger partial charge in [-0.2, -0.15) is 0 Å². The summed E-state index contributed by atoms with van der Waals surface area (Å²) in [6, 6.07) is 0. The van der Waals surface area contributed by atoms with Gasteiger partial charge in [0, 0.05) is 13.1 Å². The van der Waals surface area contributed by atoms with Gasteiger partial charge in [0.05, 0.1) is 19.1 Å². The lowest BCUT2D eigenvalue weighted by Crippen LogP contribution is -2.42. The van der Waals surface area contributed by atoms with E-state index in [2.05, 4.69) is 10.1 Å². The fourth-order valence-electron chi connectivity index (χ4n) is 1.27. The molecule has 0 aromatic rings. The summed E-state index contributed by atoms with van der Waals surface area (Å²) < 4.78 is 4.55. The quantitative estimate of drug-likeness (QED) is 0.488. The van der Waals surface area contributed by atoms with E-state index in [0.717, 1.165) is 0 Å². The molecule has 4 heteroatoms. The predicted molar refractivity (Wildman–Crippen MR) is 39.0 cm³/mol. The molecule has 0 aliphatic carbocycles. The second-order valence-corrected chi connectivity index (χ2v) is 2.77. The van der Waals surface area contributed by atoms with E-state index in [1.165, 1.54) is 7.11 Å². The van der Waals surface area contributed by atoms with Gasteiger partial charge in [-0.3, -0.25) is 4.79 Å². The van der Waals surface area contributed by atoms with Crippen molar-refractivity contribution in [3.8, 4) is 0 Å². The Morgan fingerprint density at radius 3 is 2.91 bits per heavy atom. The summed E-state index contributed by atoms with van der Waals surface area (Å²) in [5.74, 6) is -0.417. The number of ether oxygens (including phenoxy) is 1. The molecule has 1 heterocycles. The summed E-state index contributed by atoms with van der Waals surface area (Å²) in [6.07, 6.45) is 0.104. The highest BCUT2D eigenvalue weighted by molar-refractivity contribution is 5.72. The Morgan fingerprint density at radius 2 is 2.36 bits per heavy atom. The number of nitrogens with one attached hydrogen (secondary N) is 1. The number of hydrogen-bond acceptors (Lipinski definition) is 4. The average Bonchev–Trinajstić information content (AvgIpc) is 2.03. The molecule has 0 aromatic heterocycles. The standard InChI is InChI=1S/C7H13NO3/c1-11-7(10)5-2-6(9)4-8-3-5/h5-6,8-9H,2-4H2,1H3/t5-,6+/m0/s1. The van der Waals surface area contributed by atoms with Crippen LogP contribution in [0.2, 0.25) is 0 Å². The Balaban J connectivity index is 2.39. The van der Waals surface area contributed by atoms with E-state index in [0.29, 0.717) is 19.5 Å². The number of carbonyl (C=O) groups is 1. The zero-order chi connectivity index (χ0) is 8.27. The highest BCUT2D eigenvalue weighted by Crippen LogP contribution is 2.11. The van der Waals surface area contributed by atoms with Crippen LogP contribution in [0.3, 0.4) is 0 Å². The fourth-order valence-corrected chi connectivity index (χ4v) is 1.27. The van der Waals surface area contributed by atoms with Crippen LogP contribution in [0.25, 0.3) is 0 Å². The molecule has 1 rings (SSSR count). The number of rotatable bonds is 1. The molecule has 0 radical (unpaired) electrons. The van der Waals surface area contributed by atoms with Crippen molar-refractivity contribution in [2.24, 2.45) is 5.92 Å². The predicted octanol–water partition coefficient (Wildman–Crippen LogP) is -0.870. The van der Waals surface area contributed by atoms with Crippen LogP contribution in [0.5, 0.6) is 0 Å². The van der Waals surface area contributed by atoms with E-state index in [4.69, 9.17) is 5.11 Å². The molecule has 0 unspecified atom stereocenters. The molecule has 64 valence electrons. The van der Waals surface area contributed by atoms with Gasteiger partial charge in [0.15, 0.2) is 0 Å². The summed E-state index contributed by atoms with van der Waals surface area (Å²) >= 11 is 0. The summed E-state index contributed by atoms with van der Waals surface area (Å²) in [7, 11) is 1.36. The first kappa shape index (κ1) is 8.49. The summed E-state index contributed by atoms with van der Waals surface area (Å²) in [5, 5.41) is 12.1. The van der Waals surface area contributed by atoms with Gasteiger partial charge < -0.3 is 15.2 Å². The van der Waals surface area contributed by atoms with E-state index < -0.39 is 6.10 Å². The number of aliphatic hydroxyl groups excluding tert-OH is 1. The first-order valence-electron chi connectivity index (χ1n) is 3.70. The second kappa shape index (κ2) is 3.69. The lowest BCUT2D eigenvalue weighted by Gasteiger charge is -2.24. The Kier molecular flexibility index (Phi) is 2.84. The minimum Gasteiger partial charge on any atom is -0.469 e. The number of β-amino-alcohol motifs (C(OH)–C–C–N with tert-alkyl or cyclic N) is 1. The van der Waals surface area contributed by atoms with Crippen molar-refractivity contribution in [2.75, 3.05) is 20.2 Å². The number of carbonyl (C=O) groups excluding carboxylic acids is 1. The maximum absolute atomic E-state index is 10.9. The molecule has 0 spiro atoms. The molecule has 11 heavy (non-hydrogen) atoms. The van der Waals surface area contributed by atoms with Crippen LogP contribution < -0.4 is 5.32 Å². The van der Waals surface area contributed by atoms with Crippen LogP contribution in [-0.4, -0.2) is 37.4 Å². The second-order valence-electron chi connectivity index (χ2n) is 2.77. The molecule has 0 saturated carbocycles. The van der Waals surface area contributed by atoms with Crippen LogP contribution in [0, 0.1) is 5.92 Å². The molecule has 2 atom stereocenters. The van der Waals surface area contributed by atoms with Crippen molar-refractivity contribution in [1.82, 2.24) is 5.32 Å². The third-order valence-electron chi connectivity index (χ3n) is 1.86. The molecule has 2 N–H and O–H groups in total. The normalized spacial score (nSPS) is 31.5. The van der Waals surface area contributed by atoms with Crippen molar-refractivity contribution >= 4 is 5.97 Å². The maximum atomic E-state index is 10.9. The minimum atomic E-state index is -0.409. The van der Waals surface area contributed by atoms with Crippen molar-refractivity contribution in [3.63, 3.8) is 0 Å². The zero-order valence-corrected chi connectivity index (χ0v) is 6.54. The van der Waals surface area contributed by atoms with Crippen LogP contribution in [-0.2, 0) is 9.53 Å². The Bertz CT molecular complexity index is 149. The van der Waals surface area contributed by atoms with E-state index in [1.54, 1.807) is 0 Å². The molecule has 0 aromatic carbocycles. The molecule has 1 saturated heterocycles. The first-order chi connectivity index (χ1) is 5.24. The Morgan fingerprint density at radius 1 is 1.64 bits per heavy atom. The number of esters is 1. The van der Waals surface area contributed by atoms with E-state index in [9.17, 15) is 4.79 Å². The molecule has 4 nitrogen and oxygen atoms in total. The lowest BCUT2D eigenvalue weighted by molar-refractivity contribution is -0.147. The molecule has 1 aliphatic rings. The topological polar surface area (TPSA) is 58.6 Å². The highest BCUT2D eigenvalue weighted by atomic mass is 16.5. The van der Waals surface area contributed by atoms with Gasteiger partial charge in [-0.15, -0.1) is 0 Å². The van der Waals surface area contributed by atoms with Crippen molar-refractivity contribution < 1.29 is 14.6 Å². The summed E-state index contributed by atoms with van der Waals surface area (Å²) in [6.45, 7) is 1.19. The smallest absolute Gasteiger partial charge is 0.310 e. The summed E-state index contributed by atoms with van der Waals surface area (Å²) in [5.41, 5.74) is 0. The number of piperidine rings is 1. The average molecular weight is 159 g/mol. The van der Waals surface area contributed by atoms with Crippen LogP contribution in [0.15, 0.2) is 0 Å². The van der Waals surface area contributed by atoms with Crippen molar-refractivity contribution in [1.29, 1.82) is 0 Å². The Labute approximate surface area is 65.5 Å². The van der Waals surface area contributed by atoms with Gasteiger partial charge in [-0.1, -0.05) is 0 Å². The SMILES string of the molecule is COC(=O)[C@@H]1CNC[C@H](O)C1. The third kappa shape index (κ3) is 2.17. The molecular formula is C7H13NO3. The van der Waals surface area contributed by atoms with E-state index in [1.807, 2.05) is 0 Å². The summed E-state index contributed by atoms with van der Waals surface area (Å²) in [4.78, 5) is 10.9. The maximum Gasteiger partial charge on any atom is 0.310 e. The van der Waals surface area contributed by atoms with Crippen molar-refractivity contribution in [3.05, 3.63) is 0 Å². The minimum absolute atomic E-state index is 0.177. The number of methoxy groups -OCH3 is 1. The number of hydrogen-bond donors (Lipinski definition) is 2. The first-order valence-corrected chi connectivity index (χ1v) is 3.70. The van der Waals surface area contributed by atoms with Crippen molar-refractivity contribution in [2.45, 2.75) is 12.5 Å². The molecule has 1 fully saturated rings. The highest BCUT2D eigenvalue weighted by Gasteiger charge is 2.26. The molecule has 0 amide bonds. The lowest BCUT2D eigenvalue weighted by atomic mass is 9.98. The third-order valence-corrected chi connectivity index (χ3v) is 1.86. The fraction of sp³-hybridized carbons (Fsp3) is 0.857. The van der Waals surface area contributed by atoms with Gasteiger partial charge in [-0.05, 0) is 6.42 Å². The van der Waals surface area contributed by atoms with Crippen LogP contribution >= 0.6 is 0 Å². The van der Waals surface area contributed by atoms with Crippen LogP contribution in [0.4, 0.5) is 0 Å². The molecule has 1 aliphatic heterocycles. The van der Waals surface area contributed by atoms with Gasteiger partial charge in [0.2, 0.25) is 0 Å². The van der Waals surface area contributed by atoms with Gasteiger partial charge in [0.25, 0.3) is 0 Å². The number of aliphatic hydroxyl groups is 1. The van der Waals surface area contributed by atoms with E-state index in [-0.39, 0.29) is 11.9 Å². The van der Waals surface area contributed by atoms with Crippen LogP contribution in [0.1, 0.15) is 6.42 Å². The van der Waals surface area contributed by atoms with E-state index >= 15 is 0 Å². The van der Waals surface area contributed by atoms with Gasteiger partial charge >= 0.3 is 5.97 Å².